The second kappa shape index (κ2) is 6.62. The number of hydrogen-bond acceptors (Lipinski definition) is 3. The van der Waals surface area contributed by atoms with E-state index in [4.69, 9.17) is 0 Å². The fourth-order valence-electron chi connectivity index (χ4n) is 3.63. The van der Waals surface area contributed by atoms with Crippen molar-refractivity contribution in [2.45, 2.75) is 44.4 Å². The Bertz CT molecular complexity index is 309. The number of alkyl halides is 3. The van der Waals surface area contributed by atoms with Crippen LogP contribution in [-0.2, 0) is 0 Å². The summed E-state index contributed by atoms with van der Waals surface area (Å²) >= 11 is 0. The van der Waals surface area contributed by atoms with Gasteiger partial charge in [0.1, 0.15) is 0 Å². The first-order chi connectivity index (χ1) is 9.37. The average Bonchev–Trinajstić information content (AvgIpc) is 2.37. The summed E-state index contributed by atoms with van der Waals surface area (Å²) in [6, 6.07) is 0.848. The van der Waals surface area contributed by atoms with Gasteiger partial charge in [0.15, 0.2) is 0 Å². The minimum atomic E-state index is -4.11. The molecule has 2 aliphatic rings. The van der Waals surface area contributed by atoms with Gasteiger partial charge in [-0.2, -0.15) is 13.2 Å². The van der Waals surface area contributed by atoms with Crippen LogP contribution in [0.15, 0.2) is 0 Å². The van der Waals surface area contributed by atoms with Gasteiger partial charge in [-0.3, -0.25) is 4.90 Å². The zero-order valence-corrected chi connectivity index (χ0v) is 12.4. The zero-order chi connectivity index (χ0) is 14.8. The van der Waals surface area contributed by atoms with Crippen LogP contribution in [0.5, 0.6) is 0 Å². The molecule has 118 valence electrons. The van der Waals surface area contributed by atoms with E-state index in [0.29, 0.717) is 18.5 Å². The summed E-state index contributed by atoms with van der Waals surface area (Å²) in [7, 11) is 2.20. The molecule has 3 atom stereocenters. The average molecular weight is 293 g/mol. The summed E-state index contributed by atoms with van der Waals surface area (Å²) in [5.74, 6) is 0.688. The first-order valence-electron chi connectivity index (χ1n) is 7.58. The second-order valence-corrected chi connectivity index (χ2v) is 6.33. The molecule has 0 spiro atoms. The van der Waals surface area contributed by atoms with Crippen LogP contribution in [0, 0.1) is 5.92 Å². The van der Waals surface area contributed by atoms with Crippen LogP contribution in [0.25, 0.3) is 0 Å². The van der Waals surface area contributed by atoms with Crippen molar-refractivity contribution in [1.82, 2.24) is 15.1 Å². The summed E-state index contributed by atoms with van der Waals surface area (Å²) in [6.07, 6.45) is -0.468. The molecule has 3 nitrogen and oxygen atoms in total. The minimum absolute atomic E-state index is 0.172. The number of nitrogens with one attached hydrogen (secondary N) is 1. The molecule has 2 aliphatic heterocycles. The van der Waals surface area contributed by atoms with Crippen molar-refractivity contribution >= 4 is 0 Å². The Balaban J connectivity index is 1.76. The molecule has 0 aromatic carbocycles. The van der Waals surface area contributed by atoms with E-state index in [1.807, 2.05) is 6.92 Å². The van der Waals surface area contributed by atoms with Gasteiger partial charge in [0.25, 0.3) is 0 Å². The third-order valence-corrected chi connectivity index (χ3v) is 4.77. The second-order valence-electron chi connectivity index (χ2n) is 6.33. The van der Waals surface area contributed by atoms with Gasteiger partial charge >= 0.3 is 6.18 Å². The first kappa shape index (κ1) is 16.0. The Morgan fingerprint density at radius 3 is 2.70 bits per heavy atom. The smallest absolute Gasteiger partial charge is 0.307 e. The van der Waals surface area contributed by atoms with Gasteiger partial charge in [0.2, 0.25) is 0 Å². The summed E-state index contributed by atoms with van der Waals surface area (Å²) in [4.78, 5) is 4.81. The quantitative estimate of drug-likeness (QED) is 0.854. The van der Waals surface area contributed by atoms with Crippen molar-refractivity contribution in [2.24, 2.45) is 5.92 Å². The van der Waals surface area contributed by atoms with Crippen molar-refractivity contribution in [3.8, 4) is 0 Å². The van der Waals surface area contributed by atoms with Gasteiger partial charge in [0, 0.05) is 25.2 Å². The highest BCUT2D eigenvalue weighted by molar-refractivity contribution is 4.90. The molecule has 2 saturated heterocycles. The maximum absolute atomic E-state index is 12.1. The minimum Gasteiger partial charge on any atom is -0.307 e. The summed E-state index contributed by atoms with van der Waals surface area (Å²) in [6.45, 7) is 4.76. The monoisotopic (exact) mass is 293 g/mol. The molecule has 2 rings (SSSR count). The van der Waals surface area contributed by atoms with Crippen LogP contribution >= 0.6 is 0 Å². The highest BCUT2D eigenvalue weighted by atomic mass is 19.4. The maximum Gasteiger partial charge on any atom is 0.401 e. The predicted octanol–water partition coefficient (Wildman–Crippen LogP) is 1.94. The lowest BCUT2D eigenvalue weighted by molar-refractivity contribution is -0.125. The molecule has 0 bridgehead atoms. The lowest BCUT2D eigenvalue weighted by atomic mass is 9.84. The number of nitrogens with zero attached hydrogens (tertiary/aromatic N) is 2. The molecule has 0 aromatic heterocycles. The fourth-order valence-corrected chi connectivity index (χ4v) is 3.63. The highest BCUT2D eigenvalue weighted by Crippen LogP contribution is 2.30. The molecule has 0 aliphatic carbocycles. The largest absolute Gasteiger partial charge is 0.401 e. The van der Waals surface area contributed by atoms with Crippen molar-refractivity contribution in [1.29, 1.82) is 0 Å². The predicted molar refractivity (Wildman–Crippen MR) is 73.7 cm³/mol. The van der Waals surface area contributed by atoms with E-state index in [1.165, 1.54) is 19.4 Å². The first-order valence-corrected chi connectivity index (χ1v) is 7.58. The van der Waals surface area contributed by atoms with Gasteiger partial charge in [0.05, 0.1) is 6.54 Å². The number of fused-ring (bicyclic) bond motifs is 1. The van der Waals surface area contributed by atoms with Crippen LogP contribution in [0.3, 0.4) is 0 Å². The lowest BCUT2D eigenvalue weighted by Gasteiger charge is -2.47. The molecule has 0 radical (unpaired) electrons. The van der Waals surface area contributed by atoms with Crippen LogP contribution in [-0.4, -0.2) is 67.8 Å². The normalized spacial score (nSPS) is 31.1. The Hall–Kier alpha value is -0.330. The van der Waals surface area contributed by atoms with Gasteiger partial charge in [-0.1, -0.05) is 0 Å². The molecule has 2 heterocycles. The summed E-state index contributed by atoms with van der Waals surface area (Å²) in [5.41, 5.74) is 0. The van der Waals surface area contributed by atoms with Crippen molar-refractivity contribution in [2.75, 3.05) is 39.8 Å². The van der Waals surface area contributed by atoms with E-state index >= 15 is 0 Å². The number of rotatable bonds is 4. The molecule has 0 amide bonds. The zero-order valence-electron chi connectivity index (χ0n) is 12.4. The van der Waals surface area contributed by atoms with Crippen LogP contribution in [0.2, 0.25) is 0 Å². The number of piperidine rings is 2. The van der Waals surface area contributed by atoms with Crippen LogP contribution < -0.4 is 5.32 Å². The van der Waals surface area contributed by atoms with Gasteiger partial charge in [-0.25, -0.2) is 0 Å². The summed E-state index contributed by atoms with van der Waals surface area (Å²) in [5, 5.41) is 2.53. The standard InChI is InChI=1S/C14H26F3N3/c1-11(8-18-10-14(15,16)17)20-7-5-13-12(9-20)4-3-6-19(13)2/h11-13,18H,3-10H2,1-2H3. The van der Waals surface area contributed by atoms with Gasteiger partial charge in [-0.15, -0.1) is 0 Å². The van der Waals surface area contributed by atoms with E-state index in [0.717, 1.165) is 19.5 Å². The van der Waals surface area contributed by atoms with E-state index in [2.05, 4.69) is 22.2 Å². The van der Waals surface area contributed by atoms with Crippen LogP contribution in [0.1, 0.15) is 26.2 Å². The Morgan fingerprint density at radius 1 is 1.25 bits per heavy atom. The third kappa shape index (κ3) is 4.33. The molecule has 6 heteroatoms. The molecular weight excluding hydrogens is 267 g/mol. The van der Waals surface area contributed by atoms with Crippen molar-refractivity contribution in [3.63, 3.8) is 0 Å². The van der Waals surface area contributed by atoms with E-state index in [1.54, 1.807) is 0 Å². The third-order valence-electron chi connectivity index (χ3n) is 4.77. The lowest BCUT2D eigenvalue weighted by Crippen LogP contribution is -2.55. The Kier molecular flexibility index (Phi) is 5.31. The molecule has 1 N–H and O–H groups in total. The summed E-state index contributed by atoms with van der Waals surface area (Å²) < 4.78 is 36.4. The van der Waals surface area contributed by atoms with E-state index in [-0.39, 0.29) is 6.04 Å². The SMILES string of the molecule is CC(CNCC(F)(F)F)N1CCC2C(CCCN2C)C1. The van der Waals surface area contributed by atoms with Crippen molar-refractivity contribution in [3.05, 3.63) is 0 Å². The number of likely N-dealkylation sites (tertiary alicyclic amines) is 2. The molecule has 2 fully saturated rings. The molecule has 20 heavy (non-hydrogen) atoms. The highest BCUT2D eigenvalue weighted by Gasteiger charge is 2.35. The molecule has 0 aromatic rings. The number of halogens is 3. The fraction of sp³-hybridized carbons (Fsp3) is 1.00. The van der Waals surface area contributed by atoms with Gasteiger partial charge < -0.3 is 10.2 Å². The molecule has 3 unspecified atom stereocenters. The maximum atomic E-state index is 12.1. The van der Waals surface area contributed by atoms with E-state index < -0.39 is 12.7 Å². The Morgan fingerprint density at radius 2 is 2.00 bits per heavy atom. The van der Waals surface area contributed by atoms with E-state index in [9.17, 15) is 13.2 Å². The topological polar surface area (TPSA) is 18.5 Å². The Labute approximate surface area is 119 Å². The molecule has 0 saturated carbocycles. The van der Waals surface area contributed by atoms with Crippen molar-refractivity contribution < 1.29 is 13.2 Å². The molecular formula is C14H26F3N3. The van der Waals surface area contributed by atoms with Crippen LogP contribution in [0.4, 0.5) is 13.2 Å². The van der Waals surface area contributed by atoms with Gasteiger partial charge in [-0.05, 0) is 52.2 Å². The number of hydrogen-bond donors (Lipinski definition) is 1.